The van der Waals surface area contributed by atoms with Gasteiger partial charge in [0.1, 0.15) is 5.82 Å². The van der Waals surface area contributed by atoms with Gasteiger partial charge in [0, 0.05) is 11.5 Å². The Bertz CT molecular complexity index is 1150. The number of hydrogen-bond acceptors (Lipinski definition) is 2. The first kappa shape index (κ1) is 27.4. The number of ether oxygens (including phenoxy) is 2. The van der Waals surface area contributed by atoms with Crippen LogP contribution in [0.25, 0.3) is 22.3 Å². The average molecular weight is 511 g/mol. The van der Waals surface area contributed by atoms with Gasteiger partial charge in [-0.15, -0.1) is 0 Å². The summed E-state index contributed by atoms with van der Waals surface area (Å²) in [5.41, 5.74) is 3.31. The van der Waals surface area contributed by atoms with Crippen LogP contribution < -0.4 is 0 Å². The Labute approximate surface area is 218 Å². The quantitative estimate of drug-likeness (QED) is 0.239. The van der Waals surface area contributed by atoms with Gasteiger partial charge in [-0.1, -0.05) is 94.5 Å². The fourth-order valence-electron chi connectivity index (χ4n) is 4.96. The molecule has 0 aliphatic carbocycles. The summed E-state index contributed by atoms with van der Waals surface area (Å²) in [5, 5.41) is 0. The van der Waals surface area contributed by atoms with E-state index in [1.54, 1.807) is 42.5 Å². The molecule has 0 radical (unpaired) electrons. The first-order chi connectivity index (χ1) is 18.0. The molecular weight excluding hydrogens is 473 g/mol. The SMILES string of the molecule is CCCCCCCC1OCC(c2ccc(-c3ccc(-c4ccc(CCC)c(F)c4F)cc3)cc2F)CO1. The van der Waals surface area contributed by atoms with Crippen molar-refractivity contribution in [2.24, 2.45) is 0 Å². The second-order valence-electron chi connectivity index (χ2n) is 9.96. The summed E-state index contributed by atoms with van der Waals surface area (Å²) >= 11 is 0. The highest BCUT2D eigenvalue weighted by atomic mass is 19.2. The van der Waals surface area contributed by atoms with Crippen molar-refractivity contribution in [1.82, 2.24) is 0 Å². The van der Waals surface area contributed by atoms with E-state index in [2.05, 4.69) is 6.92 Å². The molecule has 2 nitrogen and oxygen atoms in total. The molecule has 0 aromatic heterocycles. The van der Waals surface area contributed by atoms with Crippen molar-refractivity contribution in [2.75, 3.05) is 13.2 Å². The maximum absolute atomic E-state index is 15.1. The van der Waals surface area contributed by atoms with E-state index in [0.29, 0.717) is 36.3 Å². The minimum atomic E-state index is -0.829. The number of benzene rings is 3. The molecule has 1 fully saturated rings. The van der Waals surface area contributed by atoms with Crippen molar-refractivity contribution in [2.45, 2.75) is 77.4 Å². The van der Waals surface area contributed by atoms with Crippen LogP contribution in [0.5, 0.6) is 0 Å². The maximum atomic E-state index is 15.1. The zero-order valence-electron chi connectivity index (χ0n) is 21.9. The Hall–Kier alpha value is -2.63. The number of hydrogen-bond donors (Lipinski definition) is 0. The van der Waals surface area contributed by atoms with Gasteiger partial charge in [0.15, 0.2) is 17.9 Å². The molecule has 0 spiro atoms. The molecule has 1 aliphatic rings. The van der Waals surface area contributed by atoms with E-state index >= 15 is 4.39 Å². The Balaban J connectivity index is 1.38. The van der Waals surface area contributed by atoms with Gasteiger partial charge in [0.25, 0.3) is 0 Å². The van der Waals surface area contributed by atoms with Crippen LogP contribution in [0.2, 0.25) is 0 Å². The Morgan fingerprint density at radius 3 is 2.05 bits per heavy atom. The van der Waals surface area contributed by atoms with Crippen LogP contribution in [0.3, 0.4) is 0 Å². The van der Waals surface area contributed by atoms with E-state index in [1.807, 2.05) is 13.0 Å². The lowest BCUT2D eigenvalue weighted by Gasteiger charge is -2.30. The summed E-state index contributed by atoms with van der Waals surface area (Å²) < 4.78 is 55.9. The van der Waals surface area contributed by atoms with E-state index in [0.717, 1.165) is 30.4 Å². The summed E-state index contributed by atoms with van der Waals surface area (Å²) in [4.78, 5) is 0. The van der Waals surface area contributed by atoms with Crippen molar-refractivity contribution in [3.05, 3.63) is 83.2 Å². The third-order valence-corrected chi connectivity index (χ3v) is 7.16. The zero-order chi connectivity index (χ0) is 26.2. The lowest BCUT2D eigenvalue weighted by molar-refractivity contribution is -0.190. The standard InChI is InChI=1S/C32H37F3O2/c1-3-5-6-7-8-10-30-36-20-26(21-37-30)27-17-16-25(19-29(27)33)22-11-13-23(14-12-22)28-18-15-24(9-4-2)31(34)32(28)35/h11-19,26,30H,3-10,20-21H2,1-2H3. The average Bonchev–Trinajstić information content (AvgIpc) is 2.92. The van der Waals surface area contributed by atoms with E-state index in [-0.39, 0.29) is 23.6 Å². The topological polar surface area (TPSA) is 18.5 Å². The molecule has 0 saturated carbocycles. The van der Waals surface area contributed by atoms with E-state index in [9.17, 15) is 8.78 Å². The van der Waals surface area contributed by atoms with Gasteiger partial charge in [0.05, 0.1) is 13.2 Å². The predicted octanol–water partition coefficient (Wildman–Crippen LogP) is 9.21. The molecule has 3 aromatic rings. The van der Waals surface area contributed by atoms with E-state index < -0.39 is 11.6 Å². The van der Waals surface area contributed by atoms with Gasteiger partial charge in [-0.25, -0.2) is 13.2 Å². The first-order valence-corrected chi connectivity index (χ1v) is 13.6. The third-order valence-electron chi connectivity index (χ3n) is 7.16. The summed E-state index contributed by atoms with van der Waals surface area (Å²) in [6, 6.07) is 15.6. The molecule has 0 amide bonds. The van der Waals surface area contributed by atoms with Crippen LogP contribution in [0, 0.1) is 17.5 Å². The number of unbranched alkanes of at least 4 members (excludes halogenated alkanes) is 4. The van der Waals surface area contributed by atoms with Crippen LogP contribution in [-0.2, 0) is 15.9 Å². The molecule has 0 bridgehead atoms. The second kappa shape index (κ2) is 13.3. The lowest BCUT2D eigenvalue weighted by Crippen LogP contribution is -2.31. The minimum absolute atomic E-state index is 0.138. The van der Waals surface area contributed by atoms with Gasteiger partial charge >= 0.3 is 0 Å². The summed E-state index contributed by atoms with van der Waals surface area (Å²) in [7, 11) is 0. The number of rotatable bonds is 11. The van der Waals surface area contributed by atoms with Crippen molar-refractivity contribution in [3.8, 4) is 22.3 Å². The van der Waals surface area contributed by atoms with Crippen molar-refractivity contribution in [3.63, 3.8) is 0 Å². The molecule has 3 aromatic carbocycles. The Morgan fingerprint density at radius 1 is 0.703 bits per heavy atom. The molecule has 198 valence electrons. The Kier molecular flexibility index (Phi) is 9.81. The van der Waals surface area contributed by atoms with Gasteiger partial charge in [-0.05, 0) is 53.1 Å². The first-order valence-electron chi connectivity index (χ1n) is 13.6. The van der Waals surface area contributed by atoms with Crippen molar-refractivity contribution >= 4 is 0 Å². The van der Waals surface area contributed by atoms with Gasteiger partial charge < -0.3 is 9.47 Å². The van der Waals surface area contributed by atoms with E-state index in [4.69, 9.17) is 9.47 Å². The van der Waals surface area contributed by atoms with E-state index in [1.165, 1.54) is 31.7 Å². The van der Waals surface area contributed by atoms with Crippen LogP contribution >= 0.6 is 0 Å². The predicted molar refractivity (Wildman–Crippen MR) is 143 cm³/mol. The normalized spacial score (nSPS) is 17.8. The summed E-state index contributed by atoms with van der Waals surface area (Å²) in [5.74, 6) is -2.04. The van der Waals surface area contributed by atoms with Crippen LogP contribution in [0.4, 0.5) is 13.2 Å². The number of aryl methyl sites for hydroxylation is 1. The zero-order valence-corrected chi connectivity index (χ0v) is 21.9. The van der Waals surface area contributed by atoms with Crippen LogP contribution in [0.15, 0.2) is 54.6 Å². The number of halogens is 3. The van der Waals surface area contributed by atoms with Crippen LogP contribution in [0.1, 0.15) is 75.8 Å². The smallest absolute Gasteiger partial charge is 0.166 e. The molecule has 4 rings (SSSR count). The fraction of sp³-hybridized carbons (Fsp3) is 0.438. The molecule has 5 heteroatoms. The monoisotopic (exact) mass is 510 g/mol. The third kappa shape index (κ3) is 6.82. The highest BCUT2D eigenvalue weighted by molar-refractivity contribution is 5.71. The van der Waals surface area contributed by atoms with Crippen LogP contribution in [-0.4, -0.2) is 19.5 Å². The lowest BCUT2D eigenvalue weighted by atomic mass is 9.94. The molecule has 37 heavy (non-hydrogen) atoms. The summed E-state index contributed by atoms with van der Waals surface area (Å²) in [6.07, 6.45) is 7.95. The second-order valence-corrected chi connectivity index (χ2v) is 9.96. The molecular formula is C32H37F3O2. The molecule has 1 aliphatic heterocycles. The van der Waals surface area contributed by atoms with Crippen molar-refractivity contribution in [1.29, 1.82) is 0 Å². The summed E-state index contributed by atoms with van der Waals surface area (Å²) in [6.45, 7) is 5.03. The highest BCUT2D eigenvalue weighted by Crippen LogP contribution is 2.32. The van der Waals surface area contributed by atoms with Gasteiger partial charge in [0.2, 0.25) is 0 Å². The largest absolute Gasteiger partial charge is 0.352 e. The Morgan fingerprint density at radius 2 is 1.38 bits per heavy atom. The van der Waals surface area contributed by atoms with Crippen molar-refractivity contribution < 1.29 is 22.6 Å². The molecule has 1 saturated heterocycles. The highest BCUT2D eigenvalue weighted by Gasteiger charge is 2.25. The van der Waals surface area contributed by atoms with Gasteiger partial charge in [-0.2, -0.15) is 0 Å². The minimum Gasteiger partial charge on any atom is -0.352 e. The maximum Gasteiger partial charge on any atom is 0.166 e. The molecule has 0 atom stereocenters. The fourth-order valence-corrected chi connectivity index (χ4v) is 4.96. The van der Waals surface area contributed by atoms with Gasteiger partial charge in [-0.3, -0.25) is 0 Å². The molecule has 0 unspecified atom stereocenters. The molecule has 1 heterocycles. The molecule has 0 N–H and O–H groups in total.